The number of hydrogen-bond donors (Lipinski definition) is 0. The van der Waals surface area contributed by atoms with Gasteiger partial charge in [0.1, 0.15) is 6.61 Å². The van der Waals surface area contributed by atoms with Crippen molar-refractivity contribution in [3.05, 3.63) is 57.8 Å². The van der Waals surface area contributed by atoms with Gasteiger partial charge in [0, 0.05) is 22.9 Å². The van der Waals surface area contributed by atoms with Crippen molar-refractivity contribution < 1.29 is 28.5 Å². The van der Waals surface area contributed by atoms with Crippen molar-refractivity contribution in [3.8, 4) is 17.2 Å². The molecule has 2 aliphatic heterocycles. The van der Waals surface area contributed by atoms with Gasteiger partial charge in [-0.3, -0.25) is 9.69 Å². The van der Waals surface area contributed by atoms with Gasteiger partial charge >= 0.3 is 5.97 Å². The Balaban J connectivity index is 1.87. The number of esters is 1. The summed E-state index contributed by atoms with van der Waals surface area (Å²) in [6.07, 6.45) is 0.0608. The zero-order valence-electron chi connectivity index (χ0n) is 17.7. The molecule has 0 saturated carbocycles. The molecule has 0 saturated heterocycles. The van der Waals surface area contributed by atoms with Crippen LogP contribution in [0, 0.1) is 6.92 Å². The monoisotopic (exact) mass is 443 g/mol. The summed E-state index contributed by atoms with van der Waals surface area (Å²) in [5.74, 6) is 0.148. The Morgan fingerprint density at radius 2 is 1.77 bits per heavy atom. The van der Waals surface area contributed by atoms with Gasteiger partial charge in [0.15, 0.2) is 11.5 Å². The Morgan fingerprint density at radius 1 is 1.03 bits per heavy atom. The molecule has 0 unspecified atom stereocenters. The third-order valence-corrected chi connectivity index (χ3v) is 6.05. The molecule has 4 rings (SSSR count). The highest BCUT2D eigenvalue weighted by Gasteiger charge is 2.44. The molecule has 0 fully saturated rings. The lowest BCUT2D eigenvalue weighted by Gasteiger charge is -2.32. The molecule has 2 aromatic carbocycles. The number of methoxy groups -OCH3 is 3. The second-order valence-corrected chi connectivity index (χ2v) is 7.69. The summed E-state index contributed by atoms with van der Waals surface area (Å²) in [7, 11) is 4.54. The van der Waals surface area contributed by atoms with Gasteiger partial charge in [0.25, 0.3) is 0 Å². The van der Waals surface area contributed by atoms with Crippen molar-refractivity contribution in [1.82, 2.24) is 0 Å². The fraction of sp³-hybridized carbons (Fsp3) is 0.304. The topological polar surface area (TPSA) is 74.3 Å². The van der Waals surface area contributed by atoms with Gasteiger partial charge in [-0.25, -0.2) is 4.79 Å². The van der Waals surface area contributed by atoms with E-state index < -0.39 is 11.9 Å². The number of nitrogens with zero attached hydrogens (tertiary/aromatic N) is 1. The summed E-state index contributed by atoms with van der Waals surface area (Å²) in [5.41, 5.74) is 3.10. The number of benzene rings is 2. The summed E-state index contributed by atoms with van der Waals surface area (Å²) in [4.78, 5) is 27.5. The van der Waals surface area contributed by atoms with Crippen molar-refractivity contribution in [2.24, 2.45) is 0 Å². The largest absolute Gasteiger partial charge is 0.493 e. The van der Waals surface area contributed by atoms with Crippen molar-refractivity contribution in [1.29, 1.82) is 0 Å². The van der Waals surface area contributed by atoms with Gasteiger partial charge in [-0.1, -0.05) is 23.7 Å². The minimum absolute atomic E-state index is 0.0114. The normalized spacial score (nSPS) is 18.1. The van der Waals surface area contributed by atoms with E-state index in [9.17, 15) is 9.59 Å². The van der Waals surface area contributed by atoms with Gasteiger partial charge in [-0.2, -0.15) is 0 Å². The van der Waals surface area contributed by atoms with E-state index in [-0.39, 0.29) is 18.9 Å². The van der Waals surface area contributed by atoms with E-state index in [0.717, 1.165) is 5.56 Å². The molecule has 2 aromatic rings. The number of carbonyl (C=O) groups excluding carboxylic acids is 2. The highest BCUT2D eigenvalue weighted by Crippen LogP contribution is 2.49. The number of ether oxygens (including phenoxy) is 4. The van der Waals surface area contributed by atoms with Gasteiger partial charge < -0.3 is 18.9 Å². The molecule has 0 bridgehead atoms. The van der Waals surface area contributed by atoms with E-state index in [1.807, 2.05) is 19.1 Å². The highest BCUT2D eigenvalue weighted by atomic mass is 35.5. The molecular weight excluding hydrogens is 422 g/mol. The van der Waals surface area contributed by atoms with Gasteiger partial charge in [-0.05, 0) is 30.7 Å². The Bertz CT molecular complexity index is 1110. The molecule has 1 atom stereocenters. The van der Waals surface area contributed by atoms with Crippen LogP contribution in [0.3, 0.4) is 0 Å². The van der Waals surface area contributed by atoms with E-state index in [1.165, 1.54) is 26.2 Å². The number of halogens is 1. The van der Waals surface area contributed by atoms with Crippen LogP contribution in [-0.2, 0) is 14.3 Å². The van der Waals surface area contributed by atoms with Crippen LogP contribution in [0.2, 0.25) is 5.02 Å². The summed E-state index contributed by atoms with van der Waals surface area (Å²) in [6.45, 7) is 1.90. The third-order valence-electron chi connectivity index (χ3n) is 5.64. The second-order valence-electron chi connectivity index (χ2n) is 7.28. The molecule has 0 spiro atoms. The molecule has 2 heterocycles. The summed E-state index contributed by atoms with van der Waals surface area (Å²) >= 11 is 6.28. The van der Waals surface area contributed by atoms with Crippen LogP contribution in [0.15, 0.2) is 41.6 Å². The maximum atomic E-state index is 13.3. The first-order chi connectivity index (χ1) is 14.9. The lowest BCUT2D eigenvalue weighted by molar-refractivity contribution is -0.136. The van der Waals surface area contributed by atoms with E-state index in [0.29, 0.717) is 44.8 Å². The lowest BCUT2D eigenvalue weighted by Crippen LogP contribution is -2.37. The van der Waals surface area contributed by atoms with Gasteiger partial charge in [0.05, 0.1) is 38.3 Å². The Kier molecular flexibility index (Phi) is 5.54. The van der Waals surface area contributed by atoms with Crippen molar-refractivity contribution in [2.75, 3.05) is 32.8 Å². The average Bonchev–Trinajstić information content (AvgIpc) is 3.15. The number of amides is 1. The number of cyclic esters (lactones) is 1. The molecule has 0 radical (unpaired) electrons. The zero-order valence-corrected chi connectivity index (χ0v) is 18.4. The van der Waals surface area contributed by atoms with Crippen LogP contribution in [0.1, 0.15) is 23.5 Å². The number of rotatable bonds is 5. The minimum Gasteiger partial charge on any atom is -0.493 e. The van der Waals surface area contributed by atoms with Crippen LogP contribution in [0.4, 0.5) is 5.69 Å². The van der Waals surface area contributed by atoms with E-state index in [4.69, 9.17) is 30.5 Å². The van der Waals surface area contributed by atoms with Crippen LogP contribution in [-0.4, -0.2) is 39.8 Å². The Hall–Kier alpha value is -3.19. The lowest BCUT2D eigenvalue weighted by atomic mass is 9.83. The Labute approximate surface area is 185 Å². The fourth-order valence-corrected chi connectivity index (χ4v) is 4.31. The molecule has 162 valence electrons. The van der Waals surface area contributed by atoms with E-state index >= 15 is 0 Å². The first kappa shape index (κ1) is 21.1. The number of carbonyl (C=O) groups is 2. The molecule has 0 aliphatic carbocycles. The molecule has 0 aromatic heterocycles. The molecule has 2 aliphatic rings. The zero-order chi connectivity index (χ0) is 22.3. The SMILES string of the molecule is COc1ccc([C@@H]2CC(=O)N(c3ccc(C)c(Cl)c3)C3=C2C(=O)OC3)c(OC)c1OC. The van der Waals surface area contributed by atoms with E-state index in [2.05, 4.69) is 0 Å². The molecule has 1 amide bonds. The number of aryl methyl sites for hydroxylation is 1. The number of hydrogen-bond acceptors (Lipinski definition) is 6. The highest BCUT2D eigenvalue weighted by molar-refractivity contribution is 6.31. The predicted molar refractivity (Wildman–Crippen MR) is 115 cm³/mol. The third kappa shape index (κ3) is 3.39. The maximum absolute atomic E-state index is 13.3. The van der Waals surface area contributed by atoms with E-state index in [1.54, 1.807) is 18.2 Å². The molecule has 0 N–H and O–H groups in total. The fourth-order valence-electron chi connectivity index (χ4n) is 4.14. The van der Waals surface area contributed by atoms with Crippen LogP contribution >= 0.6 is 11.6 Å². The first-order valence-corrected chi connectivity index (χ1v) is 10.1. The van der Waals surface area contributed by atoms with Gasteiger partial charge in [-0.15, -0.1) is 0 Å². The Morgan fingerprint density at radius 3 is 2.42 bits per heavy atom. The van der Waals surface area contributed by atoms with Crippen LogP contribution in [0.25, 0.3) is 0 Å². The number of anilines is 1. The first-order valence-electron chi connectivity index (χ1n) is 9.69. The standard InChI is InChI=1S/C23H22ClNO6/c1-12-5-6-13(9-16(12)24)25-17-11-31-23(27)20(17)15(10-19(25)26)14-7-8-18(28-2)22(30-4)21(14)29-3/h5-9,15H,10-11H2,1-4H3/t15-/m0/s1. The maximum Gasteiger partial charge on any atom is 0.336 e. The molecule has 31 heavy (non-hydrogen) atoms. The molecular formula is C23H22ClNO6. The van der Waals surface area contributed by atoms with Crippen LogP contribution < -0.4 is 19.1 Å². The second kappa shape index (κ2) is 8.15. The van der Waals surface area contributed by atoms with Crippen LogP contribution in [0.5, 0.6) is 17.2 Å². The quantitative estimate of drug-likeness (QED) is 0.650. The van der Waals surface area contributed by atoms with Crippen molar-refractivity contribution >= 4 is 29.2 Å². The average molecular weight is 444 g/mol. The summed E-state index contributed by atoms with van der Waals surface area (Å²) in [6, 6.07) is 8.89. The van der Waals surface area contributed by atoms with Crippen molar-refractivity contribution in [3.63, 3.8) is 0 Å². The molecule has 8 heteroatoms. The smallest absolute Gasteiger partial charge is 0.336 e. The predicted octanol–water partition coefficient (Wildman–Crippen LogP) is 4.01. The van der Waals surface area contributed by atoms with Gasteiger partial charge in [0.2, 0.25) is 11.7 Å². The summed E-state index contributed by atoms with van der Waals surface area (Å²) < 4.78 is 21.8. The van der Waals surface area contributed by atoms with Crippen molar-refractivity contribution in [2.45, 2.75) is 19.3 Å². The minimum atomic E-state index is -0.538. The summed E-state index contributed by atoms with van der Waals surface area (Å²) in [5, 5.41) is 0.543. The molecule has 7 nitrogen and oxygen atoms in total.